The summed E-state index contributed by atoms with van der Waals surface area (Å²) in [5, 5.41) is 14.8. The largest absolute Gasteiger partial charge is 0.385 e. The lowest BCUT2D eigenvalue weighted by Crippen LogP contribution is -2.16. The molecular weight excluding hydrogens is 274 g/mol. The maximum atomic E-state index is 11.9. The zero-order valence-corrected chi connectivity index (χ0v) is 12.8. The quantitative estimate of drug-likeness (QED) is 0.885. The number of hydrogen-bond donors (Lipinski definition) is 2. The predicted octanol–water partition coefficient (Wildman–Crippen LogP) is 3.62. The van der Waals surface area contributed by atoms with Crippen LogP contribution in [-0.2, 0) is 4.79 Å². The van der Waals surface area contributed by atoms with Crippen molar-refractivity contribution in [2.75, 3.05) is 17.2 Å². The van der Waals surface area contributed by atoms with Gasteiger partial charge in [0.1, 0.15) is 0 Å². The Morgan fingerprint density at radius 2 is 1.68 bits per heavy atom. The second kappa shape index (κ2) is 7.28. The Bertz CT molecular complexity index is 679. The van der Waals surface area contributed by atoms with Crippen molar-refractivity contribution in [1.82, 2.24) is 0 Å². The molecule has 0 saturated carbocycles. The van der Waals surface area contributed by atoms with Crippen LogP contribution in [0.3, 0.4) is 0 Å². The number of carbonyl (C=O) groups excluding carboxylic acids is 1. The van der Waals surface area contributed by atoms with Crippen LogP contribution in [0.15, 0.2) is 42.5 Å². The normalized spacial score (nSPS) is 9.86. The summed E-state index contributed by atoms with van der Waals surface area (Å²) in [4.78, 5) is 11.9. The first kappa shape index (κ1) is 15.6. The van der Waals surface area contributed by atoms with Gasteiger partial charge in [-0.2, -0.15) is 5.26 Å². The van der Waals surface area contributed by atoms with Crippen LogP contribution < -0.4 is 10.6 Å². The molecule has 4 heteroatoms. The van der Waals surface area contributed by atoms with Crippen molar-refractivity contribution in [3.63, 3.8) is 0 Å². The van der Waals surface area contributed by atoms with Gasteiger partial charge in [-0.1, -0.05) is 6.07 Å². The van der Waals surface area contributed by atoms with Gasteiger partial charge < -0.3 is 10.6 Å². The maximum absolute atomic E-state index is 11.9. The van der Waals surface area contributed by atoms with Crippen molar-refractivity contribution in [1.29, 1.82) is 5.26 Å². The first-order valence-electron chi connectivity index (χ1n) is 7.19. The van der Waals surface area contributed by atoms with Gasteiger partial charge in [0.05, 0.1) is 11.6 Å². The fraction of sp³-hybridized carbons (Fsp3) is 0.222. The molecule has 22 heavy (non-hydrogen) atoms. The average Bonchev–Trinajstić information content (AvgIpc) is 2.47. The third kappa shape index (κ3) is 4.64. The molecule has 0 fully saturated rings. The van der Waals surface area contributed by atoms with E-state index < -0.39 is 0 Å². The van der Waals surface area contributed by atoms with E-state index in [1.807, 2.05) is 6.07 Å². The van der Waals surface area contributed by atoms with Gasteiger partial charge >= 0.3 is 0 Å². The van der Waals surface area contributed by atoms with Crippen molar-refractivity contribution >= 4 is 17.3 Å². The molecule has 1 amide bonds. The van der Waals surface area contributed by atoms with Crippen LogP contribution in [0, 0.1) is 25.2 Å². The molecule has 2 N–H and O–H groups in total. The highest BCUT2D eigenvalue weighted by molar-refractivity contribution is 5.91. The van der Waals surface area contributed by atoms with Crippen LogP contribution in [0.4, 0.5) is 11.4 Å². The lowest BCUT2D eigenvalue weighted by molar-refractivity contribution is -0.115. The third-order valence-electron chi connectivity index (χ3n) is 3.20. The number of benzene rings is 2. The van der Waals surface area contributed by atoms with Gasteiger partial charge in [0.15, 0.2) is 0 Å². The molecule has 2 aromatic rings. The molecule has 0 bridgehead atoms. The fourth-order valence-corrected chi connectivity index (χ4v) is 2.25. The van der Waals surface area contributed by atoms with Crippen molar-refractivity contribution in [3.05, 3.63) is 59.2 Å². The van der Waals surface area contributed by atoms with E-state index in [4.69, 9.17) is 5.26 Å². The summed E-state index contributed by atoms with van der Waals surface area (Å²) in [6.07, 6.45) is 0.382. The van der Waals surface area contributed by atoms with Crippen molar-refractivity contribution < 1.29 is 4.79 Å². The van der Waals surface area contributed by atoms with E-state index in [-0.39, 0.29) is 5.91 Å². The summed E-state index contributed by atoms with van der Waals surface area (Å²) in [6.45, 7) is 4.68. The zero-order valence-electron chi connectivity index (χ0n) is 12.8. The summed E-state index contributed by atoms with van der Waals surface area (Å²) in [5.74, 6) is -0.0541. The van der Waals surface area contributed by atoms with E-state index in [2.05, 4.69) is 42.7 Å². The van der Waals surface area contributed by atoms with Gasteiger partial charge in [0.2, 0.25) is 5.91 Å². The van der Waals surface area contributed by atoms with Crippen LogP contribution >= 0.6 is 0 Å². The van der Waals surface area contributed by atoms with E-state index in [0.717, 1.165) is 5.69 Å². The Kier molecular flexibility index (Phi) is 5.16. The van der Waals surface area contributed by atoms with Gasteiger partial charge in [0, 0.05) is 24.3 Å². The van der Waals surface area contributed by atoms with Crippen molar-refractivity contribution in [2.24, 2.45) is 0 Å². The molecule has 0 aromatic heterocycles. The molecule has 0 unspecified atom stereocenters. The molecule has 0 aliphatic rings. The minimum atomic E-state index is -0.0541. The molecule has 2 aromatic carbocycles. The van der Waals surface area contributed by atoms with E-state index in [1.54, 1.807) is 24.3 Å². The Hall–Kier alpha value is -2.80. The first-order chi connectivity index (χ1) is 10.6. The van der Waals surface area contributed by atoms with E-state index in [1.165, 1.54) is 11.1 Å². The number of amides is 1. The van der Waals surface area contributed by atoms with Crippen molar-refractivity contribution in [2.45, 2.75) is 20.3 Å². The zero-order chi connectivity index (χ0) is 15.9. The van der Waals surface area contributed by atoms with Crippen LogP contribution in [-0.4, -0.2) is 12.5 Å². The Morgan fingerprint density at radius 3 is 2.27 bits per heavy atom. The van der Waals surface area contributed by atoms with E-state index >= 15 is 0 Å². The van der Waals surface area contributed by atoms with Gasteiger partial charge in [-0.15, -0.1) is 0 Å². The molecule has 2 rings (SSSR count). The smallest absolute Gasteiger partial charge is 0.226 e. The second-order valence-electron chi connectivity index (χ2n) is 5.29. The molecule has 0 spiro atoms. The minimum absolute atomic E-state index is 0.0541. The Labute approximate surface area is 130 Å². The fourth-order valence-electron chi connectivity index (χ4n) is 2.25. The van der Waals surface area contributed by atoms with E-state index in [0.29, 0.717) is 24.2 Å². The number of nitrogens with one attached hydrogen (secondary N) is 2. The lowest BCUT2D eigenvalue weighted by Gasteiger charge is -2.09. The highest BCUT2D eigenvalue weighted by atomic mass is 16.1. The lowest BCUT2D eigenvalue weighted by atomic mass is 10.1. The van der Waals surface area contributed by atoms with Crippen LogP contribution in [0.1, 0.15) is 23.1 Å². The molecule has 0 heterocycles. The van der Waals surface area contributed by atoms with Gasteiger partial charge in [-0.05, 0) is 61.4 Å². The maximum Gasteiger partial charge on any atom is 0.226 e. The van der Waals surface area contributed by atoms with Crippen LogP contribution in [0.5, 0.6) is 0 Å². The topological polar surface area (TPSA) is 64.9 Å². The molecular formula is C18H19N3O. The van der Waals surface area contributed by atoms with Crippen LogP contribution in [0.2, 0.25) is 0 Å². The van der Waals surface area contributed by atoms with Gasteiger partial charge in [-0.3, -0.25) is 4.79 Å². The van der Waals surface area contributed by atoms with Gasteiger partial charge in [0.25, 0.3) is 0 Å². The number of carbonyl (C=O) groups is 1. The summed E-state index contributed by atoms with van der Waals surface area (Å²) >= 11 is 0. The first-order valence-corrected chi connectivity index (χ1v) is 7.19. The molecule has 0 aliphatic carbocycles. The number of hydrogen-bond acceptors (Lipinski definition) is 3. The number of rotatable bonds is 5. The monoisotopic (exact) mass is 293 g/mol. The standard InChI is InChI=1S/C18H19N3O/c1-13-9-14(2)11-17(10-13)20-8-7-18(22)21-16-5-3-15(12-19)4-6-16/h3-6,9-11,20H,7-8H2,1-2H3,(H,21,22). The molecule has 0 saturated heterocycles. The summed E-state index contributed by atoms with van der Waals surface area (Å²) < 4.78 is 0. The second-order valence-corrected chi connectivity index (χ2v) is 5.29. The van der Waals surface area contributed by atoms with E-state index in [9.17, 15) is 4.79 Å². The van der Waals surface area contributed by atoms with Crippen molar-refractivity contribution in [3.8, 4) is 6.07 Å². The molecule has 0 aliphatic heterocycles. The number of nitrogens with zero attached hydrogens (tertiary/aromatic N) is 1. The SMILES string of the molecule is Cc1cc(C)cc(NCCC(=O)Nc2ccc(C#N)cc2)c1. The number of nitriles is 1. The number of anilines is 2. The molecule has 0 atom stereocenters. The molecule has 4 nitrogen and oxygen atoms in total. The molecule has 112 valence electrons. The minimum Gasteiger partial charge on any atom is -0.385 e. The highest BCUT2D eigenvalue weighted by Gasteiger charge is 2.03. The van der Waals surface area contributed by atoms with Crippen LogP contribution in [0.25, 0.3) is 0 Å². The predicted molar refractivity (Wildman–Crippen MR) is 88.8 cm³/mol. The molecule has 0 radical (unpaired) electrons. The van der Waals surface area contributed by atoms with Gasteiger partial charge in [-0.25, -0.2) is 0 Å². The average molecular weight is 293 g/mol. The Balaban J connectivity index is 1.81. The number of aryl methyl sites for hydroxylation is 2. The summed E-state index contributed by atoms with van der Waals surface area (Å²) in [7, 11) is 0. The Morgan fingerprint density at radius 1 is 1.05 bits per heavy atom. The summed E-state index contributed by atoms with van der Waals surface area (Å²) in [6, 6.07) is 15.1. The summed E-state index contributed by atoms with van der Waals surface area (Å²) in [5.41, 5.74) is 4.71. The highest BCUT2D eigenvalue weighted by Crippen LogP contribution is 2.14. The third-order valence-corrected chi connectivity index (χ3v) is 3.20.